The predicted molar refractivity (Wildman–Crippen MR) is 579 cm³/mol. The molecule has 2 aliphatic carbocycles. The third-order valence-electron chi connectivity index (χ3n) is 28.1. The number of methoxy groups -OCH3 is 1. The minimum atomic E-state index is -1.11. The van der Waals surface area contributed by atoms with Gasteiger partial charge in [0.05, 0.1) is 29.5 Å². The van der Waals surface area contributed by atoms with Crippen molar-refractivity contribution in [3.63, 3.8) is 0 Å². The maximum Gasteiger partial charge on any atom is 0.495 e. The van der Waals surface area contributed by atoms with Crippen LogP contribution < -0.4 is 21.0 Å². The van der Waals surface area contributed by atoms with Gasteiger partial charge >= 0.3 is 14.2 Å². The van der Waals surface area contributed by atoms with Gasteiger partial charge in [0, 0.05) is 10.0 Å². The Morgan fingerprint density at radius 2 is 0.614 bits per heavy atom. The van der Waals surface area contributed by atoms with Crippen LogP contribution in [0.15, 0.2) is 302 Å². The van der Waals surface area contributed by atoms with E-state index in [1.165, 1.54) is 213 Å². The molecule has 1 atom stereocenters. The van der Waals surface area contributed by atoms with Gasteiger partial charge in [-0.1, -0.05) is 341 Å². The Balaban J connectivity index is 0.000000148. The number of hydrogen-bond acceptors (Lipinski definition) is 8. The zero-order chi connectivity index (χ0) is 93.9. The van der Waals surface area contributed by atoms with E-state index in [4.69, 9.17) is 23.4 Å². The van der Waals surface area contributed by atoms with Crippen LogP contribution in [0.25, 0.3) is 111 Å². The molecule has 2 aliphatic heterocycles. The Bertz CT molecular complexity index is 6090. The van der Waals surface area contributed by atoms with Crippen LogP contribution in [-0.4, -0.2) is 55.1 Å². The van der Waals surface area contributed by atoms with Gasteiger partial charge in [-0.3, -0.25) is 0 Å². The summed E-state index contributed by atoms with van der Waals surface area (Å²) in [6.45, 7) is 39.1. The average Bonchev–Trinajstić information content (AvgIpc) is 1.01. The highest BCUT2D eigenvalue weighted by atomic mass is 79.9. The number of rotatable bonds is 16. The lowest BCUT2D eigenvalue weighted by molar-refractivity contribution is 0.00578. The fraction of sp³-hybridized carbons (Fsp3) is 0.294. The zero-order valence-corrected chi connectivity index (χ0v) is 86.1. The second-order valence-corrected chi connectivity index (χ2v) is 45.6. The maximum absolute atomic E-state index is 9.33. The summed E-state index contributed by atoms with van der Waals surface area (Å²) in [5, 5.41) is 1.66. The van der Waals surface area contributed by atoms with E-state index in [1.807, 2.05) is 27.7 Å². The predicted octanol–water partition coefficient (Wildman–Crippen LogP) is 31.8. The van der Waals surface area contributed by atoms with Gasteiger partial charge in [-0.25, -0.2) is 11.2 Å². The normalized spacial score (nSPS) is 15.5. The summed E-state index contributed by atoms with van der Waals surface area (Å²) in [5.41, 5.74) is 40.1. The van der Waals surface area contributed by atoms with Crippen LogP contribution in [-0.2, 0) is 43.0 Å². The lowest BCUT2D eigenvalue weighted by Gasteiger charge is -2.39. The number of aryl methyl sites for hydroxylation is 7. The topological polar surface area (TPSA) is 63.2 Å². The Morgan fingerprint density at radius 3 is 0.947 bits per heavy atom. The molecule has 678 valence electrons. The Hall–Kier alpha value is -9.44. The van der Waals surface area contributed by atoms with Gasteiger partial charge in [0.25, 0.3) is 0 Å². The van der Waals surface area contributed by atoms with Crippen LogP contribution in [0.3, 0.4) is 0 Å². The number of hydrogen-bond donors (Lipinski definition) is 0. The summed E-state index contributed by atoms with van der Waals surface area (Å²) >= 11 is 7.72. The fourth-order valence-corrected chi connectivity index (χ4v) is 24.7. The highest BCUT2D eigenvalue weighted by molar-refractivity contribution is 9.10. The second kappa shape index (κ2) is 43.5. The molecule has 0 radical (unpaired) electrons. The van der Waals surface area contributed by atoms with Crippen molar-refractivity contribution < 1.29 is 27.6 Å². The molecule has 0 bridgehead atoms. The lowest BCUT2D eigenvalue weighted by Crippen LogP contribution is -2.41. The third-order valence-corrected chi connectivity index (χ3v) is 32.9. The first-order chi connectivity index (χ1) is 63.3. The van der Waals surface area contributed by atoms with Crippen molar-refractivity contribution >= 4 is 82.9 Å². The van der Waals surface area contributed by atoms with Gasteiger partial charge in [-0.05, 0) is 357 Å². The highest BCUT2D eigenvalue weighted by Crippen LogP contribution is 2.58. The lowest BCUT2D eigenvalue weighted by atomic mass is 9.67. The van der Waals surface area contributed by atoms with E-state index in [0.717, 1.165) is 50.2 Å². The Kier molecular flexibility index (Phi) is 32.5. The molecule has 14 aromatic carbocycles. The van der Waals surface area contributed by atoms with Gasteiger partial charge in [-0.2, -0.15) is 17.4 Å². The zero-order valence-electron chi connectivity index (χ0n) is 80.8. The van der Waals surface area contributed by atoms with Crippen LogP contribution in [0.2, 0.25) is 0 Å². The first kappa shape index (κ1) is 98.6. The van der Waals surface area contributed by atoms with Gasteiger partial charge < -0.3 is 27.6 Å². The van der Waals surface area contributed by atoms with Crippen molar-refractivity contribution in [1.82, 2.24) is 0 Å². The molecule has 0 amide bonds. The van der Waals surface area contributed by atoms with E-state index in [0.29, 0.717) is 0 Å². The minimum absolute atomic E-state index is 0.122. The van der Waals surface area contributed by atoms with Gasteiger partial charge in [0.2, 0.25) is 0 Å². The summed E-state index contributed by atoms with van der Waals surface area (Å²) in [7, 11) is 1.52. The smallest absolute Gasteiger partial charge is 0.495 e. The van der Waals surface area contributed by atoms with Gasteiger partial charge in [-0.15, -0.1) is 0 Å². The molecule has 13 heteroatoms. The van der Waals surface area contributed by atoms with Crippen LogP contribution >= 0.6 is 32.3 Å². The highest BCUT2D eigenvalue weighted by Gasteiger charge is 2.55. The summed E-state index contributed by atoms with van der Waals surface area (Å²) in [6.07, 6.45) is 14.4. The molecule has 2 saturated carbocycles. The van der Waals surface area contributed by atoms with E-state index >= 15 is 0 Å². The van der Waals surface area contributed by atoms with E-state index in [9.17, 15) is 4.21 Å². The minimum Gasteiger partial charge on any atom is -0.496 e. The molecule has 1 unspecified atom stereocenters. The SMILES string of the molecule is CC1(C)OB(c2cc(-c3ccccc3)c(B3OC(C)(C)C(C)(C)O3)cc2-c2ccccc2)OC1(C)C.COc1cccc(C)c1-c1ccccc1P(C1CCCCC1)C1CCCCC1.Cc1cc(C)c(-c2cc(-c3ccccc3)c(-c3c(C)cc(C)c(-c4ccccc4)c3C)cc2-c2ccccc2)c(C)c1-c1ccccc1.Cc1cc(C)c(-c2ccccc2)c(C)c1Br.O=[S-](P)=S. The molecular formula is C119H130B2BrO6P2S2-. The largest absolute Gasteiger partial charge is 0.496 e. The first-order valence-corrected chi connectivity index (χ1v) is 52.9. The van der Waals surface area contributed by atoms with Crippen LogP contribution in [0, 0.1) is 69.2 Å². The summed E-state index contributed by atoms with van der Waals surface area (Å²) < 4.78 is 42.6. The molecule has 2 heterocycles. The van der Waals surface area contributed by atoms with Crippen molar-refractivity contribution in [2.75, 3.05) is 7.11 Å². The molecule has 0 spiro atoms. The second-order valence-electron chi connectivity index (χ2n) is 38.2. The van der Waals surface area contributed by atoms with E-state index in [1.54, 1.807) is 5.30 Å². The van der Waals surface area contributed by atoms with Gasteiger partial charge in [0.15, 0.2) is 0 Å². The average molecular weight is 1880 g/mol. The van der Waals surface area contributed by atoms with Crippen molar-refractivity contribution in [3.8, 4) is 117 Å². The Morgan fingerprint density at radius 1 is 0.326 bits per heavy atom. The summed E-state index contributed by atoms with van der Waals surface area (Å²) in [6, 6.07) is 107. The Labute approximate surface area is 808 Å². The van der Waals surface area contributed by atoms with Crippen molar-refractivity contribution in [2.45, 2.75) is 223 Å². The summed E-state index contributed by atoms with van der Waals surface area (Å²) in [5.74, 6) is 1.02. The van der Waals surface area contributed by atoms with E-state index < -0.39 is 45.6 Å². The van der Waals surface area contributed by atoms with E-state index in [-0.39, 0.29) is 7.92 Å². The molecule has 14 aromatic rings. The first-order valence-electron chi connectivity index (χ1n) is 47.1. The molecule has 0 N–H and O–H groups in total. The van der Waals surface area contributed by atoms with Crippen molar-refractivity contribution in [1.29, 1.82) is 0 Å². The molecule has 18 rings (SSSR count). The number of halogens is 1. The molecule has 4 aliphatic rings. The van der Waals surface area contributed by atoms with E-state index in [2.05, 4.69) is 437 Å². The molecule has 0 aromatic heterocycles. The standard InChI is InChI=1S/C48H42.C30H36B2O4.C26H35OP.C15H15Br.H2OPS2/c1-31-27-33(3)47(35(5)45(31)39-23-15-9-16-24-39)43-29-42(38-21-13-8-14-22-38)44(30-41(43)37-19-11-7-12-20-37)48-34(4)28-32(2)46(36(48)6)40-25-17-10-18-26-40;1-27(2)28(3,4)34-31(33-27)25-19-24(22-17-13-10-14-18-22)26(20-23(25)21-15-11-9-12-16-21)32-35-29(5,6)30(7,8)36-32;1-20-12-11-18-24(27-2)26(20)23-17-9-10-19-25(23)28(21-13-5-3-6-14-21)22-15-7-4-8-16-22;1-10-9-11(2)15(16)12(3)14(10)13-7-5-4-6-8-13;1-4(2)3/h7-30H,1-6H3;9-20H,1-8H3;9-12,17-19,21-22H,3-8,13-16H2,1-2H3;4-9H,1-3H3;2H2/q;;;;-1. The fourth-order valence-electron chi connectivity index (χ4n) is 20.4. The van der Waals surface area contributed by atoms with Crippen LogP contribution in [0.5, 0.6) is 5.75 Å². The molecule has 4 fully saturated rings. The molecule has 6 nitrogen and oxygen atoms in total. The third kappa shape index (κ3) is 22.1. The summed E-state index contributed by atoms with van der Waals surface area (Å²) in [4.78, 5) is 0. The van der Waals surface area contributed by atoms with Gasteiger partial charge in [0.1, 0.15) is 5.75 Å². The van der Waals surface area contributed by atoms with Crippen molar-refractivity contribution in [2.24, 2.45) is 0 Å². The maximum atomic E-state index is 9.33. The number of ether oxygens (including phenoxy) is 1. The molecular weight excluding hydrogens is 1750 g/mol. The van der Waals surface area contributed by atoms with Crippen LogP contribution in [0.4, 0.5) is 0 Å². The monoisotopic (exact) mass is 1880 g/mol. The van der Waals surface area contributed by atoms with Crippen molar-refractivity contribution in [3.05, 3.63) is 357 Å². The van der Waals surface area contributed by atoms with Crippen LogP contribution in [0.1, 0.15) is 175 Å². The molecule has 2 saturated heterocycles. The number of benzene rings is 14. The quantitative estimate of drug-likeness (QED) is 0.0543. The molecule has 132 heavy (non-hydrogen) atoms.